The number of likely N-dealkylation sites (tertiary alicyclic amines) is 1. The van der Waals surface area contributed by atoms with Gasteiger partial charge in [-0.05, 0) is 56.3 Å². The number of halogens is 2. The summed E-state index contributed by atoms with van der Waals surface area (Å²) in [5.74, 6) is 0.753. The number of amides is 1. The third-order valence-corrected chi connectivity index (χ3v) is 6.02. The van der Waals surface area contributed by atoms with E-state index in [1.807, 2.05) is 24.3 Å². The minimum Gasteiger partial charge on any atom is -0.339 e. The zero-order chi connectivity index (χ0) is 16.4. The van der Waals surface area contributed by atoms with E-state index in [0.29, 0.717) is 24.4 Å². The number of carbonyl (C=O) groups is 1. The van der Waals surface area contributed by atoms with Crippen LogP contribution in [0, 0.1) is 5.92 Å². The molecule has 5 heteroatoms. The number of hydrogen-bond donors (Lipinski definition) is 1. The first-order valence-corrected chi connectivity index (χ1v) is 9.22. The van der Waals surface area contributed by atoms with Crippen molar-refractivity contribution >= 4 is 29.9 Å². The molecule has 0 radical (unpaired) electrons. The maximum atomic E-state index is 13.5. The summed E-state index contributed by atoms with van der Waals surface area (Å²) in [6, 6.07) is 8.22. The average Bonchev–Trinajstić information content (AvgIpc) is 2.96. The highest BCUT2D eigenvalue weighted by molar-refractivity contribution is 6.30. The Morgan fingerprint density at radius 3 is 2.42 bits per heavy atom. The molecule has 2 atom stereocenters. The summed E-state index contributed by atoms with van der Waals surface area (Å²) in [6.07, 6.45) is 6.39. The monoisotopic (exact) mass is 370 g/mol. The summed E-state index contributed by atoms with van der Waals surface area (Å²) in [4.78, 5) is 15.6. The van der Waals surface area contributed by atoms with E-state index in [0.717, 1.165) is 49.2 Å². The molecule has 1 aromatic rings. The van der Waals surface area contributed by atoms with Crippen LogP contribution in [0.5, 0.6) is 0 Å². The summed E-state index contributed by atoms with van der Waals surface area (Å²) in [6.45, 7) is 3.64. The third-order valence-electron chi connectivity index (χ3n) is 5.77. The lowest BCUT2D eigenvalue weighted by atomic mass is 9.68. The minimum absolute atomic E-state index is 0. The quantitative estimate of drug-likeness (QED) is 0.867. The van der Waals surface area contributed by atoms with Gasteiger partial charge in [-0.25, -0.2) is 0 Å². The van der Waals surface area contributed by atoms with E-state index in [1.165, 1.54) is 6.42 Å². The number of nitrogens with zero attached hydrogens (tertiary/aromatic N) is 1. The molecule has 24 heavy (non-hydrogen) atoms. The van der Waals surface area contributed by atoms with Crippen LogP contribution in [0.25, 0.3) is 0 Å². The predicted molar refractivity (Wildman–Crippen MR) is 102 cm³/mol. The van der Waals surface area contributed by atoms with Crippen LogP contribution in [0.4, 0.5) is 0 Å². The minimum atomic E-state index is -0.361. The van der Waals surface area contributed by atoms with Gasteiger partial charge in [0.15, 0.2) is 0 Å². The zero-order valence-corrected chi connectivity index (χ0v) is 15.9. The molecule has 0 bridgehead atoms. The molecular weight excluding hydrogens is 343 g/mol. The third kappa shape index (κ3) is 3.58. The Morgan fingerprint density at radius 1 is 1.25 bits per heavy atom. The van der Waals surface area contributed by atoms with Crippen LogP contribution in [-0.4, -0.2) is 29.9 Å². The first-order chi connectivity index (χ1) is 11.1. The molecule has 1 aliphatic carbocycles. The summed E-state index contributed by atoms with van der Waals surface area (Å²) in [5.41, 5.74) is 6.62. The number of rotatable bonds is 3. The molecule has 3 rings (SSSR count). The van der Waals surface area contributed by atoms with Crippen LogP contribution in [0.1, 0.15) is 51.0 Å². The number of nitrogens with two attached hydrogens (primary N) is 1. The molecule has 3 nitrogen and oxygen atoms in total. The second-order valence-electron chi connectivity index (χ2n) is 7.29. The van der Waals surface area contributed by atoms with Gasteiger partial charge >= 0.3 is 0 Å². The normalized spacial score (nSPS) is 26.0. The second-order valence-corrected chi connectivity index (χ2v) is 7.73. The maximum Gasteiger partial charge on any atom is 0.233 e. The predicted octanol–water partition coefficient (Wildman–Crippen LogP) is 4.16. The Bertz CT molecular complexity index is 555. The van der Waals surface area contributed by atoms with Gasteiger partial charge in [0.1, 0.15) is 0 Å². The van der Waals surface area contributed by atoms with Crippen LogP contribution < -0.4 is 5.73 Å². The summed E-state index contributed by atoms with van der Waals surface area (Å²) < 4.78 is 0. The first-order valence-electron chi connectivity index (χ1n) is 8.84. The maximum absolute atomic E-state index is 13.5. The second kappa shape index (κ2) is 8.07. The van der Waals surface area contributed by atoms with Crippen LogP contribution in [0.3, 0.4) is 0 Å². The van der Waals surface area contributed by atoms with E-state index in [9.17, 15) is 4.79 Å². The van der Waals surface area contributed by atoms with Crippen LogP contribution in [0.2, 0.25) is 5.02 Å². The van der Waals surface area contributed by atoms with Crippen molar-refractivity contribution in [1.29, 1.82) is 0 Å². The van der Waals surface area contributed by atoms with Crippen LogP contribution >= 0.6 is 24.0 Å². The van der Waals surface area contributed by atoms with Crippen LogP contribution in [-0.2, 0) is 10.2 Å². The van der Waals surface area contributed by atoms with Gasteiger partial charge in [0.2, 0.25) is 5.91 Å². The van der Waals surface area contributed by atoms with Crippen molar-refractivity contribution in [3.05, 3.63) is 34.9 Å². The van der Waals surface area contributed by atoms with Gasteiger partial charge in [-0.15, -0.1) is 12.4 Å². The summed E-state index contributed by atoms with van der Waals surface area (Å²) in [5, 5.41) is 0.727. The van der Waals surface area contributed by atoms with Crippen molar-refractivity contribution in [2.45, 2.75) is 56.9 Å². The first kappa shape index (κ1) is 19.6. The molecule has 2 fully saturated rings. The van der Waals surface area contributed by atoms with Gasteiger partial charge in [-0.2, -0.15) is 0 Å². The Morgan fingerprint density at radius 2 is 1.88 bits per heavy atom. The molecule has 134 valence electrons. The van der Waals surface area contributed by atoms with Crippen LogP contribution in [0.15, 0.2) is 24.3 Å². The smallest absolute Gasteiger partial charge is 0.233 e. The zero-order valence-electron chi connectivity index (χ0n) is 14.3. The molecule has 0 spiro atoms. The van der Waals surface area contributed by atoms with Crippen molar-refractivity contribution < 1.29 is 4.79 Å². The Kier molecular flexibility index (Phi) is 6.58. The standard InChI is InChI=1S/C19H27ClN2O.ClH/c1-14-11-15(12-21)13-22(14)18(23)19(9-3-2-4-10-19)16-5-7-17(20)8-6-16;/h5-8,14-15H,2-4,9-13,21H2,1H3;1H. The van der Waals surface area contributed by atoms with Gasteiger partial charge in [-0.3, -0.25) is 4.79 Å². The van der Waals surface area contributed by atoms with Crippen molar-refractivity contribution in [2.75, 3.05) is 13.1 Å². The molecule has 2 N–H and O–H groups in total. The molecule has 1 heterocycles. The molecular formula is C19H28Cl2N2O. The molecule has 1 saturated heterocycles. The number of benzene rings is 1. The van der Waals surface area contributed by atoms with Crippen molar-refractivity contribution in [3.8, 4) is 0 Å². The highest BCUT2D eigenvalue weighted by Gasteiger charge is 2.46. The molecule has 1 amide bonds. The van der Waals surface area contributed by atoms with E-state index in [1.54, 1.807) is 0 Å². The highest BCUT2D eigenvalue weighted by atomic mass is 35.5. The van der Waals surface area contributed by atoms with Gasteiger partial charge in [0, 0.05) is 17.6 Å². The summed E-state index contributed by atoms with van der Waals surface area (Å²) in [7, 11) is 0. The topological polar surface area (TPSA) is 46.3 Å². The van der Waals surface area contributed by atoms with Crippen molar-refractivity contribution in [1.82, 2.24) is 4.90 Å². The van der Waals surface area contributed by atoms with Crippen molar-refractivity contribution in [3.63, 3.8) is 0 Å². The van der Waals surface area contributed by atoms with E-state index in [-0.39, 0.29) is 17.8 Å². The Labute approximate surface area is 156 Å². The fourth-order valence-corrected chi connectivity index (χ4v) is 4.55. The van der Waals surface area contributed by atoms with E-state index in [4.69, 9.17) is 17.3 Å². The van der Waals surface area contributed by atoms with E-state index >= 15 is 0 Å². The highest BCUT2D eigenvalue weighted by Crippen LogP contribution is 2.43. The SMILES string of the molecule is CC1CC(CN)CN1C(=O)C1(c2ccc(Cl)cc2)CCCCC1.Cl. The Balaban J connectivity index is 0.00000208. The largest absolute Gasteiger partial charge is 0.339 e. The average molecular weight is 371 g/mol. The van der Waals surface area contributed by atoms with E-state index in [2.05, 4.69) is 11.8 Å². The molecule has 1 aliphatic heterocycles. The molecule has 0 aromatic heterocycles. The lowest BCUT2D eigenvalue weighted by molar-refractivity contribution is -0.139. The lowest BCUT2D eigenvalue weighted by Crippen LogP contribution is -2.49. The van der Waals surface area contributed by atoms with Gasteiger partial charge < -0.3 is 10.6 Å². The number of hydrogen-bond acceptors (Lipinski definition) is 2. The van der Waals surface area contributed by atoms with Gasteiger partial charge in [0.25, 0.3) is 0 Å². The fraction of sp³-hybridized carbons (Fsp3) is 0.632. The van der Waals surface area contributed by atoms with E-state index < -0.39 is 0 Å². The molecule has 1 aromatic carbocycles. The fourth-order valence-electron chi connectivity index (χ4n) is 4.42. The molecule has 2 unspecified atom stereocenters. The summed E-state index contributed by atoms with van der Waals surface area (Å²) >= 11 is 6.05. The van der Waals surface area contributed by atoms with Gasteiger partial charge in [0.05, 0.1) is 5.41 Å². The lowest BCUT2D eigenvalue weighted by Gasteiger charge is -2.40. The molecule has 1 saturated carbocycles. The van der Waals surface area contributed by atoms with Gasteiger partial charge in [-0.1, -0.05) is 43.0 Å². The van der Waals surface area contributed by atoms with Crippen molar-refractivity contribution in [2.24, 2.45) is 11.7 Å². The Hall–Kier alpha value is -0.770. The molecule has 2 aliphatic rings. The number of carbonyl (C=O) groups excluding carboxylic acids is 1.